The molecule has 2 aromatic rings. The lowest BCUT2D eigenvalue weighted by molar-refractivity contribution is -0.136. The van der Waals surface area contributed by atoms with E-state index in [-0.39, 0.29) is 65.1 Å². The average molecular weight is 751 g/mol. The van der Waals surface area contributed by atoms with Crippen LogP contribution in [0.1, 0.15) is 109 Å². The van der Waals surface area contributed by atoms with Crippen LogP contribution in [-0.2, 0) is 14.4 Å². The molecule has 0 spiro atoms. The summed E-state index contributed by atoms with van der Waals surface area (Å²) in [4.78, 5) is 81.2. The second-order valence-electron chi connectivity index (χ2n) is 17.0. The fraction of sp³-hybridized carbons (Fsp3) is 0.535. The topological polar surface area (TPSA) is 148 Å². The van der Waals surface area contributed by atoms with E-state index in [0.29, 0.717) is 42.6 Å². The number of piperidine rings is 3. The highest BCUT2D eigenvalue weighted by molar-refractivity contribution is 6.07. The Hall–Kier alpha value is -5.02. The molecule has 3 aliphatic heterocycles. The van der Waals surface area contributed by atoms with Gasteiger partial charge in [-0.05, 0) is 98.8 Å². The standard InChI is InChI=1S/C43H54N6O6/c1-42(2)27-43(3,4)41(42)46-38(53)30-13-11-28(12-14-30)9-10-29-17-21-48(22-18-29)31-19-23-49(24-20-31)37(52)25-44-34-8-6-7-32(33(34)26-50)40(55)47(5)35-15-16-36(51)45-39(35)54/h6-8,11-14,26,29,31,35,41,44H,15-25,27H2,1-5H3,(H,46,53)(H,45,51,54). The van der Waals surface area contributed by atoms with Crippen molar-refractivity contribution in [3.63, 3.8) is 0 Å². The number of nitrogens with one attached hydrogen (secondary N) is 3. The molecule has 3 N–H and O–H groups in total. The van der Waals surface area contributed by atoms with Gasteiger partial charge in [0.05, 0.1) is 17.7 Å². The minimum atomic E-state index is -0.819. The summed E-state index contributed by atoms with van der Waals surface area (Å²) in [6, 6.07) is 12.1. The van der Waals surface area contributed by atoms with Crippen LogP contribution >= 0.6 is 0 Å². The van der Waals surface area contributed by atoms with Gasteiger partial charge in [0.1, 0.15) is 6.04 Å². The normalized spacial score (nSPS) is 21.7. The highest BCUT2D eigenvalue weighted by atomic mass is 16.2. The zero-order valence-electron chi connectivity index (χ0n) is 32.7. The molecule has 1 saturated carbocycles. The fourth-order valence-electron chi connectivity index (χ4n) is 9.39. The smallest absolute Gasteiger partial charge is 0.255 e. The van der Waals surface area contributed by atoms with Gasteiger partial charge in [0.25, 0.3) is 11.8 Å². The molecule has 0 aromatic heterocycles. The number of carbonyl (C=O) groups excluding carboxylic acids is 6. The van der Waals surface area contributed by atoms with E-state index in [1.165, 1.54) is 18.0 Å². The zero-order valence-corrected chi connectivity index (χ0v) is 32.7. The van der Waals surface area contributed by atoms with Crippen molar-refractivity contribution < 1.29 is 28.8 Å². The van der Waals surface area contributed by atoms with Gasteiger partial charge >= 0.3 is 0 Å². The lowest BCUT2D eigenvalue weighted by Crippen LogP contribution is -2.63. The summed E-state index contributed by atoms with van der Waals surface area (Å²) in [6.07, 6.45) is 5.75. The Bertz CT molecular complexity index is 1860. The van der Waals surface area contributed by atoms with Gasteiger partial charge in [0, 0.05) is 61.4 Å². The first-order valence-electron chi connectivity index (χ1n) is 19.5. The monoisotopic (exact) mass is 750 g/mol. The van der Waals surface area contributed by atoms with Gasteiger partial charge in [0.2, 0.25) is 17.7 Å². The quantitative estimate of drug-likeness (QED) is 0.197. The van der Waals surface area contributed by atoms with Crippen molar-refractivity contribution in [1.29, 1.82) is 0 Å². The molecule has 0 radical (unpaired) electrons. The summed E-state index contributed by atoms with van der Waals surface area (Å²) >= 11 is 0. The molecule has 1 aliphatic carbocycles. The molecule has 3 saturated heterocycles. The summed E-state index contributed by atoms with van der Waals surface area (Å²) in [5, 5.41) is 8.56. The second kappa shape index (κ2) is 16.4. The molecule has 6 rings (SSSR count). The molecular weight excluding hydrogens is 697 g/mol. The summed E-state index contributed by atoms with van der Waals surface area (Å²) in [5.74, 6) is 5.56. The highest BCUT2D eigenvalue weighted by Gasteiger charge is 2.53. The number of rotatable bonds is 9. The third-order valence-electron chi connectivity index (χ3n) is 12.1. The third-order valence-corrected chi connectivity index (χ3v) is 12.1. The summed E-state index contributed by atoms with van der Waals surface area (Å²) < 4.78 is 0. The van der Waals surface area contributed by atoms with Gasteiger partial charge in [-0.15, -0.1) is 0 Å². The molecule has 292 valence electrons. The Kier molecular flexibility index (Phi) is 11.8. The molecule has 1 atom stereocenters. The third kappa shape index (κ3) is 8.94. The van der Waals surface area contributed by atoms with E-state index < -0.39 is 17.9 Å². The van der Waals surface area contributed by atoms with Crippen LogP contribution in [0.2, 0.25) is 0 Å². The van der Waals surface area contributed by atoms with E-state index in [0.717, 1.165) is 50.8 Å². The largest absolute Gasteiger partial charge is 0.376 e. The Morgan fingerprint density at radius 1 is 0.927 bits per heavy atom. The number of likely N-dealkylation sites (N-methyl/N-ethyl adjacent to an activating group) is 1. The maximum Gasteiger partial charge on any atom is 0.255 e. The number of amides is 5. The Balaban J connectivity index is 0.933. The van der Waals surface area contributed by atoms with Crippen LogP contribution in [0.5, 0.6) is 0 Å². The molecule has 3 heterocycles. The summed E-state index contributed by atoms with van der Waals surface area (Å²) in [6.45, 7) is 12.0. The summed E-state index contributed by atoms with van der Waals surface area (Å²) in [5.41, 5.74) is 2.36. The van der Waals surface area contributed by atoms with Crippen LogP contribution in [-0.4, -0.2) is 108 Å². The first-order chi connectivity index (χ1) is 26.2. The number of hydrogen-bond donors (Lipinski definition) is 3. The molecular formula is C43H54N6O6. The highest BCUT2D eigenvalue weighted by Crippen LogP contribution is 2.53. The second-order valence-corrected chi connectivity index (χ2v) is 17.0. The van der Waals surface area contributed by atoms with Crippen LogP contribution in [0.25, 0.3) is 0 Å². The average Bonchev–Trinajstić information content (AvgIpc) is 3.17. The lowest BCUT2D eigenvalue weighted by Gasteiger charge is -2.57. The number of imide groups is 1. The first-order valence-corrected chi connectivity index (χ1v) is 19.5. The zero-order chi connectivity index (χ0) is 39.5. The first kappa shape index (κ1) is 39.7. The van der Waals surface area contributed by atoms with Crippen molar-refractivity contribution in [3.05, 3.63) is 64.7 Å². The van der Waals surface area contributed by atoms with Gasteiger partial charge in [0.15, 0.2) is 6.29 Å². The van der Waals surface area contributed by atoms with Crippen LogP contribution in [0.15, 0.2) is 42.5 Å². The molecule has 55 heavy (non-hydrogen) atoms. The molecule has 4 fully saturated rings. The Morgan fingerprint density at radius 2 is 1.60 bits per heavy atom. The predicted molar refractivity (Wildman–Crippen MR) is 209 cm³/mol. The number of aldehydes is 1. The number of benzene rings is 2. The molecule has 5 amide bonds. The van der Waals surface area contributed by atoms with Crippen LogP contribution in [0, 0.1) is 28.6 Å². The van der Waals surface area contributed by atoms with Crippen molar-refractivity contribution in [3.8, 4) is 11.8 Å². The molecule has 2 aromatic carbocycles. The number of likely N-dealkylation sites (tertiary alicyclic amines) is 2. The van der Waals surface area contributed by atoms with Crippen LogP contribution < -0.4 is 16.0 Å². The van der Waals surface area contributed by atoms with Gasteiger partial charge in [-0.2, -0.15) is 0 Å². The van der Waals surface area contributed by atoms with Crippen molar-refractivity contribution in [2.24, 2.45) is 16.7 Å². The number of hydrogen-bond acceptors (Lipinski definition) is 8. The van der Waals surface area contributed by atoms with Gasteiger partial charge < -0.3 is 25.3 Å². The van der Waals surface area contributed by atoms with Gasteiger partial charge in [-0.3, -0.25) is 34.1 Å². The van der Waals surface area contributed by atoms with Crippen LogP contribution in [0.4, 0.5) is 5.69 Å². The van der Waals surface area contributed by atoms with Crippen molar-refractivity contribution in [2.45, 2.75) is 90.8 Å². The molecule has 1 unspecified atom stereocenters. The Labute approximate surface area is 324 Å². The van der Waals surface area contributed by atoms with Crippen molar-refractivity contribution in [2.75, 3.05) is 45.1 Å². The predicted octanol–water partition coefficient (Wildman–Crippen LogP) is 4.10. The molecule has 12 heteroatoms. The van der Waals surface area contributed by atoms with Gasteiger partial charge in [-0.1, -0.05) is 45.6 Å². The van der Waals surface area contributed by atoms with E-state index in [4.69, 9.17) is 0 Å². The van der Waals surface area contributed by atoms with Crippen molar-refractivity contribution >= 4 is 41.5 Å². The van der Waals surface area contributed by atoms with E-state index >= 15 is 0 Å². The van der Waals surface area contributed by atoms with Gasteiger partial charge in [-0.25, -0.2) is 0 Å². The van der Waals surface area contributed by atoms with E-state index in [1.54, 1.807) is 12.1 Å². The minimum Gasteiger partial charge on any atom is -0.376 e. The Morgan fingerprint density at radius 3 is 2.22 bits per heavy atom. The minimum absolute atomic E-state index is 0.0245. The maximum absolute atomic E-state index is 13.3. The molecule has 4 aliphatic rings. The number of nitrogens with zero attached hydrogens (tertiary/aromatic N) is 3. The summed E-state index contributed by atoms with van der Waals surface area (Å²) in [7, 11) is 1.47. The number of anilines is 1. The number of carbonyl (C=O) groups is 6. The van der Waals surface area contributed by atoms with Crippen LogP contribution in [0.3, 0.4) is 0 Å². The van der Waals surface area contributed by atoms with E-state index in [9.17, 15) is 28.8 Å². The van der Waals surface area contributed by atoms with E-state index in [1.807, 2.05) is 29.2 Å². The SMILES string of the molecule is CN(C(=O)c1cccc(NCC(=O)N2CCC(N3CCC(C#Cc4ccc(C(=O)NC5C(C)(C)CC5(C)C)cc4)CC3)CC2)c1C=O)C1CCC(=O)NC1=O. The van der Waals surface area contributed by atoms with E-state index in [2.05, 4.69) is 60.4 Å². The lowest BCUT2D eigenvalue weighted by atomic mass is 9.52. The van der Waals surface area contributed by atoms with Crippen molar-refractivity contribution in [1.82, 2.24) is 25.3 Å². The molecule has 0 bridgehead atoms. The molecule has 12 nitrogen and oxygen atoms in total. The maximum atomic E-state index is 13.3. The fourth-order valence-corrected chi connectivity index (χ4v) is 9.39.